The molecule has 202 valence electrons. The van der Waals surface area contributed by atoms with Crippen LogP contribution in [0.1, 0.15) is 51.3 Å². The molecule has 1 unspecified atom stereocenters. The van der Waals surface area contributed by atoms with E-state index in [9.17, 15) is 24.3 Å². The fourth-order valence-corrected chi connectivity index (χ4v) is 5.05. The average molecular weight is 522 g/mol. The normalized spacial score (nSPS) is 19.4. The summed E-state index contributed by atoms with van der Waals surface area (Å²) >= 11 is 0. The van der Waals surface area contributed by atoms with E-state index in [2.05, 4.69) is 5.32 Å². The number of anilines is 1. The van der Waals surface area contributed by atoms with Crippen LogP contribution in [0, 0.1) is 5.92 Å². The number of amides is 3. The largest absolute Gasteiger partial charge is 0.480 e. The highest BCUT2D eigenvalue weighted by Gasteiger charge is 2.43. The summed E-state index contributed by atoms with van der Waals surface area (Å²) in [6.07, 6.45) is -0.177. The fourth-order valence-electron chi connectivity index (χ4n) is 5.05. The molecule has 9 heteroatoms. The van der Waals surface area contributed by atoms with Gasteiger partial charge in [0, 0.05) is 19.4 Å². The molecule has 0 bridgehead atoms. The number of rotatable bonds is 5. The van der Waals surface area contributed by atoms with Crippen LogP contribution in [0.25, 0.3) is 0 Å². The summed E-state index contributed by atoms with van der Waals surface area (Å²) in [6.45, 7) is 9.00. The van der Waals surface area contributed by atoms with E-state index >= 15 is 0 Å². The van der Waals surface area contributed by atoms with Crippen LogP contribution >= 0.6 is 0 Å². The van der Waals surface area contributed by atoms with E-state index in [-0.39, 0.29) is 25.3 Å². The molecule has 3 amide bonds. The molecule has 0 spiro atoms. The Labute approximate surface area is 222 Å². The first-order valence-electron chi connectivity index (χ1n) is 12.9. The lowest BCUT2D eigenvalue weighted by atomic mass is 9.92. The Morgan fingerprint density at radius 2 is 1.50 bits per heavy atom. The van der Waals surface area contributed by atoms with Gasteiger partial charge >= 0.3 is 12.1 Å². The number of hydrogen-bond acceptors (Lipinski definition) is 5. The number of aliphatic carboxylic acids is 1. The van der Waals surface area contributed by atoms with Crippen molar-refractivity contribution in [3.63, 3.8) is 0 Å². The third-order valence-corrected chi connectivity index (χ3v) is 6.92. The maximum Gasteiger partial charge on any atom is 0.415 e. The number of benzene rings is 2. The van der Waals surface area contributed by atoms with E-state index < -0.39 is 47.6 Å². The number of carbonyl (C=O) groups excluding carboxylic acids is 3. The minimum absolute atomic E-state index is 0.143. The lowest BCUT2D eigenvalue weighted by molar-refractivity contribution is -0.153. The molecular weight excluding hydrogens is 486 g/mol. The summed E-state index contributed by atoms with van der Waals surface area (Å²) in [5, 5.41) is 12.8. The fraction of sp³-hybridized carbons (Fsp3) is 0.448. The predicted octanol–water partition coefficient (Wildman–Crippen LogP) is 3.53. The molecule has 9 nitrogen and oxygen atoms in total. The number of fused-ring (bicyclic) bond motifs is 2. The number of hydrogen-bond donors (Lipinski definition) is 2. The summed E-state index contributed by atoms with van der Waals surface area (Å²) in [4.78, 5) is 55.4. The monoisotopic (exact) mass is 521 g/mol. The van der Waals surface area contributed by atoms with Crippen molar-refractivity contribution in [1.29, 1.82) is 0 Å². The highest BCUT2D eigenvalue weighted by Crippen LogP contribution is 2.34. The van der Waals surface area contributed by atoms with Crippen molar-refractivity contribution < 1.29 is 29.0 Å². The molecule has 0 fully saturated rings. The molecule has 0 radical (unpaired) electrons. The number of ether oxygens (including phenoxy) is 1. The van der Waals surface area contributed by atoms with Crippen LogP contribution in [-0.4, -0.2) is 57.6 Å². The molecule has 0 aliphatic carbocycles. The van der Waals surface area contributed by atoms with E-state index in [4.69, 9.17) is 4.74 Å². The van der Waals surface area contributed by atoms with Crippen molar-refractivity contribution in [3.8, 4) is 0 Å². The molecule has 0 aromatic heterocycles. The Kier molecular flexibility index (Phi) is 7.49. The van der Waals surface area contributed by atoms with Crippen LogP contribution in [0.15, 0.2) is 48.5 Å². The molecule has 3 atom stereocenters. The van der Waals surface area contributed by atoms with E-state index in [1.807, 2.05) is 36.4 Å². The first kappa shape index (κ1) is 27.2. The number of carboxylic acid groups (broad SMARTS) is 1. The van der Waals surface area contributed by atoms with Crippen molar-refractivity contribution >= 4 is 29.6 Å². The van der Waals surface area contributed by atoms with Gasteiger partial charge in [-0.05, 0) is 49.4 Å². The summed E-state index contributed by atoms with van der Waals surface area (Å²) in [5.41, 5.74) is 2.43. The topological polar surface area (TPSA) is 116 Å². The molecule has 38 heavy (non-hydrogen) atoms. The van der Waals surface area contributed by atoms with E-state index in [0.717, 1.165) is 16.7 Å². The molecule has 2 aromatic carbocycles. The zero-order valence-electron chi connectivity index (χ0n) is 22.4. The molecule has 4 rings (SSSR count). The van der Waals surface area contributed by atoms with Gasteiger partial charge in [0.25, 0.3) is 0 Å². The summed E-state index contributed by atoms with van der Waals surface area (Å²) < 4.78 is 5.59. The van der Waals surface area contributed by atoms with E-state index in [1.54, 1.807) is 46.8 Å². The second kappa shape index (κ2) is 10.5. The van der Waals surface area contributed by atoms with Gasteiger partial charge in [-0.1, -0.05) is 56.3 Å². The number of nitrogens with zero attached hydrogens (tertiary/aromatic N) is 2. The SMILES string of the molecule is CC(C)C(NC(=O)[C@H]1Cc2ccccc2N1C(=O)OC(C)(C)C)C(=O)N1Cc2ccccc2C[C@@H]1C(=O)O. The van der Waals surface area contributed by atoms with Crippen LogP contribution in [-0.2, 0) is 38.5 Å². The summed E-state index contributed by atoms with van der Waals surface area (Å²) in [7, 11) is 0. The number of nitrogens with one attached hydrogen (secondary N) is 1. The number of carbonyl (C=O) groups is 4. The third kappa shape index (κ3) is 5.51. The predicted molar refractivity (Wildman–Crippen MR) is 142 cm³/mol. The maximum atomic E-state index is 13.8. The Morgan fingerprint density at radius 1 is 0.921 bits per heavy atom. The van der Waals surface area contributed by atoms with Crippen molar-refractivity contribution in [1.82, 2.24) is 10.2 Å². The highest BCUT2D eigenvalue weighted by molar-refractivity contribution is 6.02. The van der Waals surface area contributed by atoms with Gasteiger partial charge in [-0.3, -0.25) is 14.5 Å². The van der Waals surface area contributed by atoms with Crippen LogP contribution in [0.3, 0.4) is 0 Å². The summed E-state index contributed by atoms with van der Waals surface area (Å²) in [6, 6.07) is 11.8. The lowest BCUT2D eigenvalue weighted by Crippen LogP contribution is -2.59. The average Bonchev–Trinajstić information content (AvgIpc) is 3.24. The van der Waals surface area contributed by atoms with Crippen molar-refractivity contribution in [2.45, 2.75) is 77.7 Å². The second-order valence-corrected chi connectivity index (χ2v) is 11.2. The first-order valence-corrected chi connectivity index (χ1v) is 12.9. The Balaban J connectivity index is 1.59. The molecule has 2 aliphatic heterocycles. The van der Waals surface area contributed by atoms with Crippen LogP contribution in [0.5, 0.6) is 0 Å². The Morgan fingerprint density at radius 3 is 2.11 bits per heavy atom. The molecule has 0 saturated carbocycles. The minimum Gasteiger partial charge on any atom is -0.480 e. The molecule has 0 saturated heterocycles. The van der Waals surface area contributed by atoms with Crippen LogP contribution < -0.4 is 10.2 Å². The van der Waals surface area contributed by atoms with Gasteiger partial charge in [-0.25, -0.2) is 9.59 Å². The maximum absolute atomic E-state index is 13.8. The van der Waals surface area contributed by atoms with Crippen LogP contribution in [0.4, 0.5) is 10.5 Å². The molecule has 2 heterocycles. The molecular formula is C29H35N3O6. The Hall–Kier alpha value is -3.88. The van der Waals surface area contributed by atoms with Crippen LogP contribution in [0.2, 0.25) is 0 Å². The van der Waals surface area contributed by atoms with Gasteiger partial charge in [0.15, 0.2) is 0 Å². The van der Waals surface area contributed by atoms with Gasteiger partial charge in [-0.2, -0.15) is 0 Å². The third-order valence-electron chi connectivity index (χ3n) is 6.92. The van der Waals surface area contributed by atoms with Crippen molar-refractivity contribution in [2.75, 3.05) is 4.90 Å². The quantitative estimate of drug-likeness (QED) is 0.622. The van der Waals surface area contributed by atoms with Gasteiger partial charge in [0.2, 0.25) is 11.8 Å². The zero-order valence-corrected chi connectivity index (χ0v) is 22.4. The molecule has 2 aliphatic rings. The summed E-state index contributed by atoms with van der Waals surface area (Å²) in [5.74, 6) is -2.38. The lowest BCUT2D eigenvalue weighted by Gasteiger charge is -2.38. The van der Waals surface area contributed by atoms with Gasteiger partial charge < -0.3 is 20.1 Å². The van der Waals surface area contributed by atoms with Gasteiger partial charge in [-0.15, -0.1) is 0 Å². The molecule has 2 N–H and O–H groups in total. The van der Waals surface area contributed by atoms with Crippen molar-refractivity contribution in [2.24, 2.45) is 5.92 Å². The first-order chi connectivity index (χ1) is 17.9. The van der Waals surface area contributed by atoms with Crippen molar-refractivity contribution in [3.05, 3.63) is 65.2 Å². The standard InChI is InChI=1S/C29H35N3O6/c1-17(2)24(26(34)31-16-20-12-7-6-10-18(20)14-23(31)27(35)36)30-25(33)22-15-19-11-8-9-13-21(19)32(22)28(37)38-29(3,4)5/h6-13,17,22-24H,14-16H2,1-5H3,(H,30,33)(H,35,36)/t22-,23-,24?/m1/s1. The number of carboxylic acids is 1. The second-order valence-electron chi connectivity index (χ2n) is 11.2. The van der Waals surface area contributed by atoms with Gasteiger partial charge in [0.1, 0.15) is 23.7 Å². The molecule has 2 aromatic rings. The smallest absolute Gasteiger partial charge is 0.415 e. The van der Waals surface area contributed by atoms with E-state index in [1.165, 1.54) is 9.80 Å². The van der Waals surface area contributed by atoms with Gasteiger partial charge in [0.05, 0.1) is 5.69 Å². The Bertz CT molecular complexity index is 1250. The number of para-hydroxylation sites is 1. The van der Waals surface area contributed by atoms with E-state index in [0.29, 0.717) is 5.69 Å². The minimum atomic E-state index is -1.09. The highest BCUT2D eigenvalue weighted by atomic mass is 16.6. The zero-order chi connectivity index (χ0) is 27.8.